The third-order valence-electron chi connectivity index (χ3n) is 3.56. The van der Waals surface area contributed by atoms with Crippen LogP contribution in [-0.4, -0.2) is 30.6 Å². The number of pyridine rings is 1. The molecule has 1 aromatic heterocycles. The van der Waals surface area contributed by atoms with Gasteiger partial charge in [-0.3, -0.25) is 9.78 Å². The number of ether oxygens (including phenoxy) is 1. The van der Waals surface area contributed by atoms with Gasteiger partial charge in [-0.25, -0.2) is 0 Å². The molecule has 1 atom stereocenters. The highest BCUT2D eigenvalue weighted by Crippen LogP contribution is 2.19. The molecule has 0 saturated heterocycles. The molecule has 1 amide bonds. The zero-order valence-corrected chi connectivity index (χ0v) is 13.8. The van der Waals surface area contributed by atoms with Gasteiger partial charge >= 0.3 is 0 Å². The summed E-state index contributed by atoms with van der Waals surface area (Å²) in [5.74, 6) is -0.0893. The van der Waals surface area contributed by atoms with Gasteiger partial charge < -0.3 is 15.4 Å². The molecule has 0 spiro atoms. The number of benzene rings is 1. The van der Waals surface area contributed by atoms with Gasteiger partial charge in [0.25, 0.3) is 5.91 Å². The predicted molar refractivity (Wildman–Crippen MR) is 91.5 cm³/mol. The van der Waals surface area contributed by atoms with Crippen LogP contribution >= 0.6 is 0 Å². The number of rotatable bonds is 7. The van der Waals surface area contributed by atoms with Crippen molar-refractivity contribution in [3.8, 4) is 0 Å². The van der Waals surface area contributed by atoms with Gasteiger partial charge in [-0.1, -0.05) is 12.1 Å². The summed E-state index contributed by atoms with van der Waals surface area (Å²) in [6, 6.07) is 11.5. The number of amides is 1. The molecule has 0 bridgehead atoms. The number of hydrogen-bond donors (Lipinski definition) is 2. The van der Waals surface area contributed by atoms with Crippen LogP contribution in [0.4, 0.5) is 5.69 Å². The minimum Gasteiger partial charge on any atom is -0.383 e. The average molecular weight is 313 g/mol. The molecule has 2 rings (SSSR count). The van der Waals surface area contributed by atoms with Crippen LogP contribution in [0.15, 0.2) is 42.6 Å². The van der Waals surface area contributed by atoms with Crippen LogP contribution in [0, 0.1) is 6.92 Å². The summed E-state index contributed by atoms with van der Waals surface area (Å²) in [7, 11) is 1.62. The van der Waals surface area contributed by atoms with Crippen LogP contribution in [-0.2, 0) is 11.3 Å². The molecular formula is C18H23N3O2. The van der Waals surface area contributed by atoms with Gasteiger partial charge in [0.2, 0.25) is 0 Å². The maximum absolute atomic E-state index is 12.4. The second kappa shape index (κ2) is 8.29. The monoisotopic (exact) mass is 313 g/mol. The molecule has 0 radical (unpaired) electrons. The Morgan fingerprint density at radius 3 is 2.78 bits per heavy atom. The average Bonchev–Trinajstić information content (AvgIpc) is 2.55. The normalized spacial score (nSPS) is 11.8. The number of hydrogen-bond acceptors (Lipinski definition) is 4. The molecule has 1 aromatic carbocycles. The highest BCUT2D eigenvalue weighted by Gasteiger charge is 2.13. The Balaban J connectivity index is 2.07. The summed E-state index contributed by atoms with van der Waals surface area (Å²) in [5.41, 5.74) is 3.47. The lowest BCUT2D eigenvalue weighted by molar-refractivity contribution is 0.0905. The fourth-order valence-electron chi connectivity index (χ4n) is 2.35. The SMILES string of the molecule is COCC(C)NC(=O)c1cccc(NCc2ccccn2)c1C. The van der Waals surface area contributed by atoms with Crippen molar-refractivity contribution in [2.45, 2.75) is 26.4 Å². The molecule has 0 saturated carbocycles. The van der Waals surface area contributed by atoms with Crippen molar-refractivity contribution in [2.75, 3.05) is 19.0 Å². The first-order chi connectivity index (χ1) is 11.1. The minimum absolute atomic E-state index is 0.0305. The van der Waals surface area contributed by atoms with Gasteiger partial charge in [0.15, 0.2) is 0 Å². The van der Waals surface area contributed by atoms with Crippen LogP contribution in [0.25, 0.3) is 0 Å². The Morgan fingerprint density at radius 1 is 1.26 bits per heavy atom. The molecule has 1 heterocycles. The number of nitrogens with zero attached hydrogens (tertiary/aromatic N) is 1. The highest BCUT2D eigenvalue weighted by molar-refractivity contribution is 5.97. The van der Waals surface area contributed by atoms with Crippen LogP contribution < -0.4 is 10.6 Å². The van der Waals surface area contributed by atoms with E-state index in [-0.39, 0.29) is 11.9 Å². The van der Waals surface area contributed by atoms with E-state index in [0.717, 1.165) is 16.9 Å². The summed E-state index contributed by atoms with van der Waals surface area (Å²) in [5, 5.41) is 6.27. The number of carbonyl (C=O) groups excluding carboxylic acids is 1. The van der Waals surface area contributed by atoms with Crippen molar-refractivity contribution >= 4 is 11.6 Å². The molecular weight excluding hydrogens is 290 g/mol. The topological polar surface area (TPSA) is 63.2 Å². The second-order valence-corrected chi connectivity index (χ2v) is 5.48. The maximum atomic E-state index is 12.4. The van der Waals surface area contributed by atoms with Crippen LogP contribution in [0.3, 0.4) is 0 Å². The minimum atomic E-state index is -0.0893. The van der Waals surface area contributed by atoms with Crippen molar-refractivity contribution in [3.63, 3.8) is 0 Å². The fourth-order valence-corrected chi connectivity index (χ4v) is 2.35. The summed E-state index contributed by atoms with van der Waals surface area (Å²) in [6.45, 7) is 4.96. The first-order valence-electron chi connectivity index (χ1n) is 7.65. The van der Waals surface area contributed by atoms with Gasteiger partial charge in [-0.05, 0) is 43.7 Å². The highest BCUT2D eigenvalue weighted by atomic mass is 16.5. The van der Waals surface area contributed by atoms with E-state index in [1.54, 1.807) is 13.3 Å². The van der Waals surface area contributed by atoms with Crippen LogP contribution in [0.2, 0.25) is 0 Å². The van der Waals surface area contributed by atoms with E-state index >= 15 is 0 Å². The van der Waals surface area contributed by atoms with Gasteiger partial charge in [-0.15, -0.1) is 0 Å². The number of aromatic nitrogens is 1. The van der Waals surface area contributed by atoms with Gasteiger partial charge in [0, 0.05) is 30.6 Å². The predicted octanol–water partition coefficient (Wildman–Crippen LogP) is 2.77. The Bertz CT molecular complexity index is 644. The molecule has 5 heteroatoms. The zero-order valence-electron chi connectivity index (χ0n) is 13.8. The number of anilines is 1. The van der Waals surface area contributed by atoms with Crippen molar-refractivity contribution in [1.82, 2.24) is 10.3 Å². The molecule has 0 aliphatic heterocycles. The van der Waals surface area contributed by atoms with E-state index in [4.69, 9.17) is 4.74 Å². The number of nitrogens with one attached hydrogen (secondary N) is 2. The van der Waals surface area contributed by atoms with Gasteiger partial charge in [-0.2, -0.15) is 0 Å². The van der Waals surface area contributed by atoms with E-state index < -0.39 is 0 Å². The molecule has 2 N–H and O–H groups in total. The van der Waals surface area contributed by atoms with Crippen LogP contribution in [0.1, 0.15) is 28.5 Å². The lowest BCUT2D eigenvalue weighted by Crippen LogP contribution is -2.36. The molecule has 0 fully saturated rings. The van der Waals surface area contributed by atoms with Crippen molar-refractivity contribution < 1.29 is 9.53 Å². The Hall–Kier alpha value is -2.40. The van der Waals surface area contributed by atoms with Gasteiger partial charge in [0.1, 0.15) is 0 Å². The molecule has 1 unspecified atom stereocenters. The third kappa shape index (κ3) is 4.79. The van der Waals surface area contributed by atoms with Crippen molar-refractivity contribution in [3.05, 3.63) is 59.4 Å². The number of methoxy groups -OCH3 is 1. The van der Waals surface area contributed by atoms with Crippen molar-refractivity contribution in [2.24, 2.45) is 0 Å². The quantitative estimate of drug-likeness (QED) is 0.825. The summed E-state index contributed by atoms with van der Waals surface area (Å²) in [4.78, 5) is 16.7. The number of carbonyl (C=O) groups is 1. The van der Waals surface area contributed by atoms with E-state index in [1.165, 1.54) is 0 Å². The zero-order chi connectivity index (χ0) is 16.7. The van der Waals surface area contributed by atoms with Crippen LogP contribution in [0.5, 0.6) is 0 Å². The second-order valence-electron chi connectivity index (χ2n) is 5.48. The molecule has 0 aliphatic carbocycles. The summed E-state index contributed by atoms with van der Waals surface area (Å²) < 4.78 is 5.05. The molecule has 0 aliphatic rings. The summed E-state index contributed by atoms with van der Waals surface area (Å²) >= 11 is 0. The largest absolute Gasteiger partial charge is 0.383 e. The van der Waals surface area contributed by atoms with E-state index in [0.29, 0.717) is 18.7 Å². The lowest BCUT2D eigenvalue weighted by atomic mass is 10.1. The van der Waals surface area contributed by atoms with E-state index in [2.05, 4.69) is 15.6 Å². The Kier molecular flexibility index (Phi) is 6.11. The smallest absolute Gasteiger partial charge is 0.251 e. The summed E-state index contributed by atoms with van der Waals surface area (Å²) in [6.07, 6.45) is 1.77. The van der Waals surface area contributed by atoms with Gasteiger partial charge in [0.05, 0.1) is 18.8 Å². The fraction of sp³-hybridized carbons (Fsp3) is 0.333. The molecule has 2 aromatic rings. The Labute approximate surface area is 137 Å². The maximum Gasteiger partial charge on any atom is 0.251 e. The lowest BCUT2D eigenvalue weighted by Gasteiger charge is -2.16. The Morgan fingerprint density at radius 2 is 2.09 bits per heavy atom. The molecule has 5 nitrogen and oxygen atoms in total. The van der Waals surface area contributed by atoms with E-state index in [1.807, 2.05) is 50.2 Å². The standard InChI is InChI=1S/C18H23N3O2/c1-13(12-23-3)21-18(22)16-8-6-9-17(14(16)2)20-11-15-7-4-5-10-19-15/h4-10,13,20H,11-12H2,1-3H3,(H,21,22). The first kappa shape index (κ1) is 17.0. The van der Waals surface area contributed by atoms with Crippen molar-refractivity contribution in [1.29, 1.82) is 0 Å². The molecule has 23 heavy (non-hydrogen) atoms. The van der Waals surface area contributed by atoms with E-state index in [9.17, 15) is 4.79 Å². The molecule has 122 valence electrons. The third-order valence-corrected chi connectivity index (χ3v) is 3.56. The first-order valence-corrected chi connectivity index (χ1v) is 7.65.